The molecule has 0 aliphatic carbocycles. The minimum absolute atomic E-state index is 0.121. The molecule has 4 heteroatoms. The molecule has 0 saturated carbocycles. The molecule has 2 N–H and O–H groups in total. The molecule has 0 fully saturated rings. The van der Waals surface area contributed by atoms with Crippen LogP contribution in [0, 0.1) is 5.82 Å². The fourth-order valence-corrected chi connectivity index (χ4v) is 2.09. The second kappa shape index (κ2) is 7.46. The maximum absolute atomic E-state index is 13.2. The van der Waals surface area contributed by atoms with Crippen LogP contribution >= 0.6 is 0 Å². The van der Waals surface area contributed by atoms with E-state index in [0.717, 1.165) is 31.6 Å². The molecule has 1 rings (SSSR count). The third-order valence-corrected chi connectivity index (χ3v) is 3.66. The molecule has 0 aromatic heterocycles. The quantitative estimate of drug-likeness (QED) is 0.760. The number of likely N-dealkylation sites (N-methyl/N-ethyl adjacent to an activating group) is 1. The average Bonchev–Trinajstić information content (AvgIpc) is 2.43. The molecule has 0 heterocycles. The van der Waals surface area contributed by atoms with Crippen molar-refractivity contribution < 1.29 is 9.50 Å². The lowest BCUT2D eigenvalue weighted by molar-refractivity contribution is 0.172. The summed E-state index contributed by atoms with van der Waals surface area (Å²) in [5.41, 5.74) is 0.680. The molecule has 0 spiro atoms. The van der Waals surface area contributed by atoms with E-state index >= 15 is 0 Å². The Bertz CT molecular complexity index is 380. The van der Waals surface area contributed by atoms with Crippen molar-refractivity contribution in [3.63, 3.8) is 0 Å². The van der Waals surface area contributed by atoms with Crippen molar-refractivity contribution in [3.05, 3.63) is 30.1 Å². The number of hydrogen-bond donors (Lipinski definition) is 2. The van der Waals surface area contributed by atoms with E-state index in [9.17, 15) is 9.50 Å². The Balaban J connectivity index is 2.54. The van der Waals surface area contributed by atoms with Gasteiger partial charge in [-0.15, -0.1) is 0 Å². The molecule has 0 aliphatic rings. The number of halogens is 1. The first kappa shape index (κ1) is 15.9. The van der Waals surface area contributed by atoms with Gasteiger partial charge in [0.05, 0.1) is 6.61 Å². The minimum atomic E-state index is -0.235. The Kier molecular flexibility index (Phi) is 6.25. The first-order valence-corrected chi connectivity index (χ1v) is 6.85. The summed E-state index contributed by atoms with van der Waals surface area (Å²) in [5, 5.41) is 12.5. The van der Waals surface area contributed by atoms with Crippen LogP contribution in [0.25, 0.3) is 0 Å². The van der Waals surface area contributed by atoms with Gasteiger partial charge in [0.2, 0.25) is 0 Å². The topological polar surface area (TPSA) is 35.5 Å². The van der Waals surface area contributed by atoms with Crippen molar-refractivity contribution in [2.45, 2.75) is 32.2 Å². The maximum atomic E-state index is 13.2. The van der Waals surface area contributed by atoms with Crippen LogP contribution < -0.4 is 10.2 Å². The third kappa shape index (κ3) is 4.80. The van der Waals surface area contributed by atoms with Gasteiger partial charge in [0, 0.05) is 24.3 Å². The smallest absolute Gasteiger partial charge is 0.125 e. The van der Waals surface area contributed by atoms with Crippen LogP contribution in [0.15, 0.2) is 24.3 Å². The van der Waals surface area contributed by atoms with Gasteiger partial charge in [0.1, 0.15) is 5.82 Å². The zero-order chi connectivity index (χ0) is 14.3. The Morgan fingerprint density at radius 2 is 2.16 bits per heavy atom. The van der Waals surface area contributed by atoms with Crippen molar-refractivity contribution in [3.8, 4) is 0 Å². The Morgan fingerprint density at radius 1 is 1.42 bits per heavy atom. The number of hydrogen-bond acceptors (Lipinski definition) is 3. The average molecular weight is 268 g/mol. The SMILES string of the molecule is CCN(CCCC(C)(CO)NC)c1cccc(F)c1. The van der Waals surface area contributed by atoms with Gasteiger partial charge in [-0.3, -0.25) is 0 Å². The fraction of sp³-hybridized carbons (Fsp3) is 0.600. The van der Waals surface area contributed by atoms with Gasteiger partial charge in [-0.25, -0.2) is 4.39 Å². The third-order valence-electron chi connectivity index (χ3n) is 3.66. The van der Waals surface area contributed by atoms with Crippen LogP contribution in [0.2, 0.25) is 0 Å². The number of rotatable bonds is 8. The fourth-order valence-electron chi connectivity index (χ4n) is 2.09. The van der Waals surface area contributed by atoms with Crippen molar-refractivity contribution in [2.24, 2.45) is 0 Å². The molecule has 0 radical (unpaired) electrons. The zero-order valence-corrected chi connectivity index (χ0v) is 12.1. The number of anilines is 1. The second-order valence-electron chi connectivity index (χ2n) is 5.13. The Labute approximate surface area is 115 Å². The maximum Gasteiger partial charge on any atom is 0.125 e. The van der Waals surface area contributed by atoms with Gasteiger partial charge in [0.15, 0.2) is 0 Å². The molecule has 1 atom stereocenters. The summed E-state index contributed by atoms with van der Waals surface area (Å²) in [6.07, 6.45) is 1.83. The van der Waals surface area contributed by atoms with Crippen molar-refractivity contribution in [1.29, 1.82) is 0 Å². The molecule has 1 aromatic carbocycles. The van der Waals surface area contributed by atoms with E-state index in [0.29, 0.717) is 0 Å². The predicted molar refractivity (Wildman–Crippen MR) is 78.1 cm³/mol. The zero-order valence-electron chi connectivity index (χ0n) is 12.1. The number of nitrogens with zero attached hydrogens (tertiary/aromatic N) is 1. The molecular formula is C15H25FN2O. The van der Waals surface area contributed by atoms with Gasteiger partial charge < -0.3 is 15.3 Å². The van der Waals surface area contributed by atoms with Crippen LogP contribution in [0.4, 0.5) is 10.1 Å². The summed E-state index contributed by atoms with van der Waals surface area (Å²) in [6, 6.07) is 6.68. The summed E-state index contributed by atoms with van der Waals surface area (Å²) in [7, 11) is 1.86. The van der Waals surface area contributed by atoms with E-state index in [1.807, 2.05) is 20.0 Å². The van der Waals surface area contributed by atoms with E-state index in [-0.39, 0.29) is 18.0 Å². The van der Waals surface area contributed by atoms with E-state index in [2.05, 4.69) is 17.1 Å². The number of aliphatic hydroxyl groups is 1. The predicted octanol–water partition coefficient (Wildman–Crippen LogP) is 2.40. The lowest BCUT2D eigenvalue weighted by atomic mass is 9.97. The molecular weight excluding hydrogens is 243 g/mol. The Morgan fingerprint density at radius 3 is 2.68 bits per heavy atom. The van der Waals surface area contributed by atoms with Crippen LogP contribution in [0.5, 0.6) is 0 Å². The Hall–Kier alpha value is -1.13. The van der Waals surface area contributed by atoms with E-state index < -0.39 is 0 Å². The molecule has 0 saturated heterocycles. The van der Waals surface area contributed by atoms with Crippen LogP contribution in [-0.2, 0) is 0 Å². The standard InChI is InChI=1S/C15H25FN2O/c1-4-18(14-8-5-7-13(16)11-14)10-6-9-15(2,12-19)17-3/h5,7-8,11,17,19H,4,6,9-10,12H2,1-3H3. The first-order valence-electron chi connectivity index (χ1n) is 6.85. The monoisotopic (exact) mass is 268 g/mol. The molecule has 0 amide bonds. The molecule has 1 aromatic rings. The number of aliphatic hydroxyl groups excluding tert-OH is 1. The van der Waals surface area contributed by atoms with Crippen molar-refractivity contribution in [1.82, 2.24) is 5.32 Å². The van der Waals surface area contributed by atoms with Gasteiger partial charge in [0.25, 0.3) is 0 Å². The van der Waals surface area contributed by atoms with Gasteiger partial charge in [-0.2, -0.15) is 0 Å². The summed E-state index contributed by atoms with van der Waals surface area (Å²) < 4.78 is 13.2. The van der Waals surface area contributed by atoms with Gasteiger partial charge in [-0.05, 0) is 51.9 Å². The molecule has 108 valence electrons. The largest absolute Gasteiger partial charge is 0.394 e. The highest BCUT2D eigenvalue weighted by atomic mass is 19.1. The van der Waals surface area contributed by atoms with Crippen molar-refractivity contribution in [2.75, 3.05) is 31.6 Å². The second-order valence-corrected chi connectivity index (χ2v) is 5.13. The van der Waals surface area contributed by atoms with E-state index in [1.165, 1.54) is 6.07 Å². The first-order chi connectivity index (χ1) is 9.04. The van der Waals surface area contributed by atoms with Gasteiger partial charge in [-0.1, -0.05) is 6.07 Å². The van der Waals surface area contributed by atoms with Crippen LogP contribution in [0.3, 0.4) is 0 Å². The summed E-state index contributed by atoms with van der Waals surface area (Å²) in [6.45, 7) is 5.89. The molecule has 0 bridgehead atoms. The van der Waals surface area contributed by atoms with Crippen LogP contribution in [0.1, 0.15) is 26.7 Å². The van der Waals surface area contributed by atoms with Crippen molar-refractivity contribution >= 4 is 5.69 Å². The molecule has 19 heavy (non-hydrogen) atoms. The van der Waals surface area contributed by atoms with Gasteiger partial charge >= 0.3 is 0 Å². The number of nitrogens with one attached hydrogen (secondary N) is 1. The molecule has 0 aliphatic heterocycles. The highest BCUT2D eigenvalue weighted by Gasteiger charge is 2.20. The lowest BCUT2D eigenvalue weighted by Crippen LogP contribution is -2.43. The van der Waals surface area contributed by atoms with E-state index in [4.69, 9.17) is 0 Å². The highest BCUT2D eigenvalue weighted by molar-refractivity contribution is 5.46. The normalized spacial score (nSPS) is 14.2. The van der Waals surface area contributed by atoms with Crippen LogP contribution in [-0.4, -0.2) is 37.4 Å². The lowest BCUT2D eigenvalue weighted by Gasteiger charge is -2.29. The summed E-state index contributed by atoms with van der Waals surface area (Å²) in [5.74, 6) is -0.202. The minimum Gasteiger partial charge on any atom is -0.394 e. The molecule has 3 nitrogen and oxygen atoms in total. The van der Waals surface area contributed by atoms with E-state index in [1.54, 1.807) is 12.1 Å². The number of benzene rings is 1. The summed E-state index contributed by atoms with van der Waals surface area (Å²) in [4.78, 5) is 2.15. The summed E-state index contributed by atoms with van der Waals surface area (Å²) >= 11 is 0. The highest BCUT2D eigenvalue weighted by Crippen LogP contribution is 2.17. The molecule has 1 unspecified atom stereocenters.